The largest absolute Gasteiger partial charge is 0.355 e. The normalized spacial score (nSPS) is 16.4. The van der Waals surface area contributed by atoms with Crippen molar-refractivity contribution in [3.8, 4) is 0 Å². The zero-order valence-corrected chi connectivity index (χ0v) is 15.0. The lowest BCUT2D eigenvalue weighted by Gasteiger charge is -2.32. The van der Waals surface area contributed by atoms with Crippen LogP contribution in [0.4, 0.5) is 10.2 Å². The molecular formula is C19H21FN6O. The Morgan fingerprint density at radius 2 is 1.93 bits per heavy atom. The molecule has 140 valence electrons. The molecule has 0 bridgehead atoms. The van der Waals surface area contributed by atoms with Crippen LogP contribution in [-0.2, 0) is 4.79 Å². The Morgan fingerprint density at radius 3 is 2.67 bits per heavy atom. The number of carbonyl (C=O) groups is 1. The number of halogens is 1. The van der Waals surface area contributed by atoms with Gasteiger partial charge in [0.2, 0.25) is 5.91 Å². The van der Waals surface area contributed by atoms with E-state index in [0.717, 1.165) is 37.3 Å². The fraction of sp³-hybridized carbons (Fsp3) is 0.368. The number of nitrogens with one attached hydrogen (secondary N) is 1. The lowest BCUT2D eigenvalue weighted by atomic mass is 9.95. The van der Waals surface area contributed by atoms with Crippen LogP contribution < -0.4 is 10.2 Å². The molecule has 0 unspecified atom stereocenters. The summed E-state index contributed by atoms with van der Waals surface area (Å²) in [5, 5.41) is 15.3. The van der Waals surface area contributed by atoms with Crippen molar-refractivity contribution in [1.82, 2.24) is 25.1 Å². The molecule has 27 heavy (non-hydrogen) atoms. The molecule has 1 aromatic carbocycles. The number of hydrogen-bond acceptors (Lipinski definition) is 5. The minimum absolute atomic E-state index is 0.0252. The number of hydrogen-bond donors (Lipinski definition) is 1. The first kappa shape index (κ1) is 17.4. The third kappa shape index (κ3) is 3.74. The van der Waals surface area contributed by atoms with Crippen LogP contribution in [0.5, 0.6) is 0 Å². The van der Waals surface area contributed by atoms with E-state index < -0.39 is 0 Å². The number of nitrogens with zero attached hydrogens (tertiary/aromatic N) is 5. The molecule has 3 heterocycles. The Bertz CT molecular complexity index is 933. The van der Waals surface area contributed by atoms with Crippen LogP contribution in [0.3, 0.4) is 0 Å². The third-order valence-corrected chi connectivity index (χ3v) is 5.07. The van der Waals surface area contributed by atoms with Gasteiger partial charge in [0.05, 0.1) is 6.04 Å². The predicted octanol–water partition coefficient (Wildman–Crippen LogP) is 2.36. The van der Waals surface area contributed by atoms with Crippen molar-refractivity contribution in [2.24, 2.45) is 5.92 Å². The van der Waals surface area contributed by atoms with Gasteiger partial charge in [-0.3, -0.25) is 4.79 Å². The molecule has 8 heteroatoms. The van der Waals surface area contributed by atoms with E-state index in [1.807, 2.05) is 19.1 Å². The van der Waals surface area contributed by atoms with E-state index >= 15 is 0 Å². The highest BCUT2D eigenvalue weighted by molar-refractivity contribution is 5.79. The molecule has 0 radical (unpaired) electrons. The second kappa shape index (κ2) is 7.30. The molecule has 3 aromatic rings. The summed E-state index contributed by atoms with van der Waals surface area (Å²) in [6.07, 6.45) is 3.11. The van der Waals surface area contributed by atoms with E-state index in [1.54, 1.807) is 23.0 Å². The summed E-state index contributed by atoms with van der Waals surface area (Å²) in [5.41, 5.74) is 1.61. The minimum Gasteiger partial charge on any atom is -0.355 e. The number of aromatic nitrogens is 4. The topological polar surface area (TPSA) is 75.4 Å². The van der Waals surface area contributed by atoms with Crippen molar-refractivity contribution < 1.29 is 9.18 Å². The summed E-state index contributed by atoms with van der Waals surface area (Å²) < 4.78 is 14.7. The number of anilines is 1. The van der Waals surface area contributed by atoms with Crippen molar-refractivity contribution in [3.05, 3.63) is 54.1 Å². The maximum Gasteiger partial charge on any atom is 0.223 e. The highest BCUT2D eigenvalue weighted by Gasteiger charge is 2.26. The molecule has 0 aliphatic carbocycles. The number of piperidine rings is 1. The lowest BCUT2D eigenvalue weighted by molar-refractivity contribution is -0.126. The van der Waals surface area contributed by atoms with Gasteiger partial charge in [-0.05, 0) is 49.6 Å². The summed E-state index contributed by atoms with van der Waals surface area (Å²) in [4.78, 5) is 14.8. The number of fused-ring (bicyclic) bond motifs is 1. The summed E-state index contributed by atoms with van der Waals surface area (Å²) in [6, 6.07) is 9.91. The predicted molar refractivity (Wildman–Crippen MR) is 98.7 cm³/mol. The van der Waals surface area contributed by atoms with Crippen molar-refractivity contribution in [2.45, 2.75) is 25.8 Å². The fourth-order valence-corrected chi connectivity index (χ4v) is 3.42. The molecule has 0 saturated carbocycles. The van der Waals surface area contributed by atoms with E-state index in [1.165, 1.54) is 12.1 Å². The molecule has 1 amide bonds. The first-order chi connectivity index (χ1) is 13.1. The van der Waals surface area contributed by atoms with Gasteiger partial charge in [-0.2, -0.15) is 4.52 Å². The van der Waals surface area contributed by atoms with Crippen LogP contribution in [0.15, 0.2) is 42.7 Å². The van der Waals surface area contributed by atoms with Gasteiger partial charge in [0, 0.05) is 19.0 Å². The zero-order chi connectivity index (χ0) is 18.8. The molecule has 2 aromatic heterocycles. The molecular weight excluding hydrogens is 347 g/mol. The maximum atomic E-state index is 13.0. The zero-order valence-electron chi connectivity index (χ0n) is 15.0. The summed E-state index contributed by atoms with van der Waals surface area (Å²) in [7, 11) is 0. The number of rotatable bonds is 4. The van der Waals surface area contributed by atoms with Gasteiger partial charge in [-0.1, -0.05) is 12.1 Å². The molecule has 0 spiro atoms. The molecule has 1 fully saturated rings. The van der Waals surface area contributed by atoms with Crippen molar-refractivity contribution in [3.63, 3.8) is 0 Å². The molecule has 1 aliphatic rings. The first-order valence-electron chi connectivity index (χ1n) is 9.08. The Morgan fingerprint density at radius 1 is 1.19 bits per heavy atom. The second-order valence-corrected chi connectivity index (χ2v) is 6.87. The summed E-state index contributed by atoms with van der Waals surface area (Å²) in [5.74, 6) is 0.611. The monoisotopic (exact) mass is 368 g/mol. The van der Waals surface area contributed by atoms with E-state index in [0.29, 0.717) is 5.65 Å². The van der Waals surface area contributed by atoms with E-state index in [4.69, 9.17) is 0 Å². The number of amides is 1. The van der Waals surface area contributed by atoms with Gasteiger partial charge in [-0.25, -0.2) is 4.39 Å². The van der Waals surface area contributed by atoms with Crippen LogP contribution in [0, 0.1) is 11.7 Å². The van der Waals surface area contributed by atoms with Crippen LogP contribution in [0.1, 0.15) is 31.4 Å². The van der Waals surface area contributed by atoms with Crippen molar-refractivity contribution in [2.75, 3.05) is 18.0 Å². The van der Waals surface area contributed by atoms with Gasteiger partial charge >= 0.3 is 0 Å². The van der Waals surface area contributed by atoms with E-state index in [2.05, 4.69) is 25.5 Å². The highest BCUT2D eigenvalue weighted by Crippen LogP contribution is 2.23. The number of benzene rings is 1. The molecule has 1 saturated heterocycles. The Balaban J connectivity index is 1.34. The number of carbonyl (C=O) groups excluding carboxylic acids is 1. The van der Waals surface area contributed by atoms with Crippen LogP contribution in [0.25, 0.3) is 5.65 Å². The maximum absolute atomic E-state index is 13.0. The minimum atomic E-state index is -0.275. The molecule has 1 atom stereocenters. The lowest BCUT2D eigenvalue weighted by Crippen LogP contribution is -2.41. The second-order valence-electron chi connectivity index (χ2n) is 6.87. The van der Waals surface area contributed by atoms with E-state index in [-0.39, 0.29) is 23.7 Å². The van der Waals surface area contributed by atoms with Gasteiger partial charge in [0.15, 0.2) is 5.65 Å². The standard InChI is InChI=1S/C19H21FN6O/c1-13(14-2-4-16(20)5-3-14)22-19(27)15-8-10-25(11-9-15)18-7-6-17-23-21-12-26(17)24-18/h2-7,12-13,15H,8-11H2,1H3,(H,22,27)/t13-/m1/s1. The van der Waals surface area contributed by atoms with Gasteiger partial charge in [-0.15, -0.1) is 15.3 Å². The van der Waals surface area contributed by atoms with Gasteiger partial charge in [0.1, 0.15) is 18.0 Å². The van der Waals surface area contributed by atoms with Crippen molar-refractivity contribution >= 4 is 17.4 Å². The Kier molecular flexibility index (Phi) is 4.70. The van der Waals surface area contributed by atoms with Crippen LogP contribution in [0.2, 0.25) is 0 Å². The highest BCUT2D eigenvalue weighted by atomic mass is 19.1. The molecule has 1 N–H and O–H groups in total. The summed E-state index contributed by atoms with van der Waals surface area (Å²) in [6.45, 7) is 3.45. The molecule has 7 nitrogen and oxygen atoms in total. The smallest absolute Gasteiger partial charge is 0.223 e. The van der Waals surface area contributed by atoms with Crippen LogP contribution in [-0.4, -0.2) is 38.8 Å². The Labute approximate surface area is 156 Å². The average Bonchev–Trinajstić information content (AvgIpc) is 3.16. The van der Waals surface area contributed by atoms with Gasteiger partial charge in [0.25, 0.3) is 0 Å². The average molecular weight is 368 g/mol. The quantitative estimate of drug-likeness (QED) is 0.765. The van der Waals surface area contributed by atoms with Crippen molar-refractivity contribution in [1.29, 1.82) is 0 Å². The van der Waals surface area contributed by atoms with E-state index in [9.17, 15) is 9.18 Å². The first-order valence-corrected chi connectivity index (χ1v) is 9.08. The van der Waals surface area contributed by atoms with Gasteiger partial charge < -0.3 is 10.2 Å². The Hall–Kier alpha value is -3.03. The SMILES string of the molecule is C[C@@H](NC(=O)C1CCN(c2ccc3nncn3n2)CC1)c1ccc(F)cc1. The summed E-state index contributed by atoms with van der Waals surface area (Å²) >= 11 is 0. The molecule has 1 aliphatic heterocycles. The molecule has 4 rings (SSSR count). The third-order valence-electron chi connectivity index (χ3n) is 5.07. The fourth-order valence-electron chi connectivity index (χ4n) is 3.42. The van der Waals surface area contributed by atoms with Crippen LogP contribution >= 0.6 is 0 Å².